The van der Waals surface area contributed by atoms with Crippen molar-refractivity contribution in [1.82, 2.24) is 4.90 Å². The van der Waals surface area contributed by atoms with Crippen LogP contribution in [0.1, 0.15) is 18.4 Å². The Bertz CT molecular complexity index is 529. The van der Waals surface area contributed by atoms with Crippen molar-refractivity contribution in [3.05, 3.63) is 35.9 Å². The van der Waals surface area contributed by atoms with Crippen molar-refractivity contribution in [2.24, 2.45) is 5.92 Å². The standard InChI is InChI=1S/C16H23NS2.C2H2O4/c1-2-4-14(5-3-1)10-15-6-8-17(9-7-15)11-16-12-18-13-19-16;3-1(4)2(5)6/h1-5,15-16H,6-13H2;(H,3,4)(H,5,6). The van der Waals surface area contributed by atoms with Gasteiger partial charge in [0.05, 0.1) is 0 Å². The van der Waals surface area contributed by atoms with E-state index < -0.39 is 11.9 Å². The molecule has 0 aromatic heterocycles. The van der Waals surface area contributed by atoms with Crippen LogP contribution >= 0.6 is 23.5 Å². The Morgan fingerprint density at radius 1 is 1.08 bits per heavy atom. The van der Waals surface area contributed by atoms with E-state index in [1.54, 1.807) is 0 Å². The first-order chi connectivity index (χ1) is 12.0. The SMILES string of the molecule is O=C(O)C(=O)O.c1ccc(CC2CCN(CC3CSCS3)CC2)cc1. The predicted molar refractivity (Wildman–Crippen MR) is 103 cm³/mol. The van der Waals surface area contributed by atoms with Crippen LogP contribution in [0.15, 0.2) is 30.3 Å². The van der Waals surface area contributed by atoms with E-state index in [9.17, 15) is 0 Å². The van der Waals surface area contributed by atoms with Crippen molar-refractivity contribution in [2.75, 3.05) is 30.5 Å². The van der Waals surface area contributed by atoms with E-state index in [0.717, 1.165) is 11.2 Å². The smallest absolute Gasteiger partial charge is 0.414 e. The molecule has 5 nitrogen and oxygen atoms in total. The largest absolute Gasteiger partial charge is 0.473 e. The van der Waals surface area contributed by atoms with Crippen LogP contribution in [0, 0.1) is 5.92 Å². The molecule has 2 N–H and O–H groups in total. The molecule has 7 heteroatoms. The summed E-state index contributed by atoms with van der Waals surface area (Å²) in [5, 5.41) is 17.0. The lowest BCUT2D eigenvalue weighted by Crippen LogP contribution is -2.38. The monoisotopic (exact) mass is 383 g/mol. The second-order valence-electron chi connectivity index (χ2n) is 6.32. The molecule has 2 fully saturated rings. The minimum atomic E-state index is -1.82. The van der Waals surface area contributed by atoms with Gasteiger partial charge in [-0.3, -0.25) is 0 Å². The van der Waals surface area contributed by atoms with Gasteiger partial charge in [0.15, 0.2) is 0 Å². The Morgan fingerprint density at radius 2 is 1.72 bits per heavy atom. The average Bonchev–Trinajstić information content (AvgIpc) is 3.11. The van der Waals surface area contributed by atoms with Crippen LogP contribution in [-0.4, -0.2) is 62.8 Å². The molecule has 0 saturated carbocycles. The van der Waals surface area contributed by atoms with Gasteiger partial charge in [-0.05, 0) is 43.8 Å². The first-order valence-electron chi connectivity index (χ1n) is 8.46. The molecule has 1 unspecified atom stereocenters. The van der Waals surface area contributed by atoms with Gasteiger partial charge >= 0.3 is 11.9 Å². The third kappa shape index (κ3) is 7.71. The molecule has 0 aliphatic carbocycles. The summed E-state index contributed by atoms with van der Waals surface area (Å²) >= 11 is 4.27. The van der Waals surface area contributed by atoms with Crippen molar-refractivity contribution in [3.8, 4) is 0 Å². The van der Waals surface area contributed by atoms with Gasteiger partial charge in [-0.1, -0.05) is 30.3 Å². The van der Waals surface area contributed by atoms with Crippen LogP contribution in [-0.2, 0) is 16.0 Å². The van der Waals surface area contributed by atoms with Crippen molar-refractivity contribution < 1.29 is 19.8 Å². The van der Waals surface area contributed by atoms with Crippen LogP contribution in [0.25, 0.3) is 0 Å². The van der Waals surface area contributed by atoms with Crippen molar-refractivity contribution >= 4 is 35.5 Å². The summed E-state index contributed by atoms with van der Waals surface area (Å²) in [7, 11) is 0. The highest BCUT2D eigenvalue weighted by Gasteiger charge is 2.24. The number of hydrogen-bond acceptors (Lipinski definition) is 5. The Balaban J connectivity index is 0.000000326. The Kier molecular flexibility index (Phi) is 8.64. The van der Waals surface area contributed by atoms with Gasteiger partial charge in [0.2, 0.25) is 0 Å². The highest BCUT2D eigenvalue weighted by Crippen LogP contribution is 2.31. The zero-order valence-electron chi connectivity index (χ0n) is 14.2. The number of likely N-dealkylation sites (tertiary alicyclic amines) is 1. The van der Waals surface area contributed by atoms with Gasteiger partial charge in [-0.25, -0.2) is 9.59 Å². The number of thioether (sulfide) groups is 2. The highest BCUT2D eigenvalue weighted by molar-refractivity contribution is 8.19. The average molecular weight is 384 g/mol. The molecule has 0 radical (unpaired) electrons. The van der Waals surface area contributed by atoms with E-state index in [0.29, 0.717) is 0 Å². The highest BCUT2D eigenvalue weighted by atomic mass is 32.2. The van der Waals surface area contributed by atoms with E-state index in [4.69, 9.17) is 19.8 Å². The Morgan fingerprint density at radius 3 is 2.24 bits per heavy atom. The molecule has 2 aliphatic rings. The molecule has 2 aliphatic heterocycles. The van der Waals surface area contributed by atoms with E-state index in [2.05, 4.69) is 58.8 Å². The van der Waals surface area contributed by atoms with Crippen LogP contribution in [0.2, 0.25) is 0 Å². The van der Waals surface area contributed by atoms with Crippen LogP contribution in [0.3, 0.4) is 0 Å². The molecule has 138 valence electrons. The summed E-state index contributed by atoms with van der Waals surface area (Å²) in [6.45, 7) is 3.97. The number of aliphatic carboxylic acids is 2. The maximum Gasteiger partial charge on any atom is 0.414 e. The number of carboxylic acid groups (broad SMARTS) is 2. The van der Waals surface area contributed by atoms with E-state index in [1.807, 2.05) is 0 Å². The molecule has 0 bridgehead atoms. The van der Waals surface area contributed by atoms with Gasteiger partial charge in [-0.2, -0.15) is 0 Å². The molecule has 3 rings (SSSR count). The fourth-order valence-corrected chi connectivity index (χ4v) is 5.98. The van der Waals surface area contributed by atoms with Crippen LogP contribution in [0.5, 0.6) is 0 Å². The Labute approximate surface area is 157 Å². The number of carboxylic acids is 2. The van der Waals surface area contributed by atoms with Crippen LogP contribution < -0.4 is 0 Å². The molecular formula is C18H25NO4S2. The predicted octanol–water partition coefficient (Wildman–Crippen LogP) is 2.90. The van der Waals surface area contributed by atoms with Crippen molar-refractivity contribution in [2.45, 2.75) is 24.5 Å². The third-order valence-electron chi connectivity index (χ3n) is 4.41. The summed E-state index contributed by atoms with van der Waals surface area (Å²) in [6.07, 6.45) is 4.06. The minimum absolute atomic E-state index is 0.899. The van der Waals surface area contributed by atoms with Gasteiger partial charge in [0.1, 0.15) is 0 Å². The molecular weight excluding hydrogens is 358 g/mol. The number of hydrogen-bond donors (Lipinski definition) is 2. The number of rotatable bonds is 4. The van der Waals surface area contributed by atoms with Gasteiger partial charge in [0, 0.05) is 22.6 Å². The van der Waals surface area contributed by atoms with Gasteiger partial charge in [-0.15, -0.1) is 23.5 Å². The second-order valence-corrected chi connectivity index (χ2v) is 9.01. The topological polar surface area (TPSA) is 77.8 Å². The second kappa shape index (κ2) is 10.7. The van der Waals surface area contributed by atoms with Gasteiger partial charge in [0.25, 0.3) is 0 Å². The fraction of sp³-hybridized carbons (Fsp3) is 0.556. The zero-order chi connectivity index (χ0) is 18.1. The number of piperidine rings is 1. The maximum absolute atomic E-state index is 9.10. The molecule has 1 atom stereocenters. The summed E-state index contributed by atoms with van der Waals surface area (Å²) in [4.78, 5) is 20.9. The maximum atomic E-state index is 9.10. The number of benzene rings is 1. The summed E-state index contributed by atoms with van der Waals surface area (Å²) in [5.41, 5.74) is 1.52. The molecule has 2 heterocycles. The van der Waals surface area contributed by atoms with E-state index in [-0.39, 0.29) is 0 Å². The first-order valence-corrected chi connectivity index (χ1v) is 10.7. The Hall–Kier alpha value is -1.18. The molecule has 0 amide bonds. The fourth-order valence-electron chi connectivity index (χ4n) is 3.09. The quantitative estimate of drug-likeness (QED) is 0.774. The summed E-state index contributed by atoms with van der Waals surface area (Å²) in [5.74, 6) is -1.37. The molecule has 1 aromatic rings. The normalized spacial score (nSPS) is 21.4. The third-order valence-corrected chi connectivity index (χ3v) is 7.26. The van der Waals surface area contributed by atoms with E-state index >= 15 is 0 Å². The summed E-state index contributed by atoms with van der Waals surface area (Å²) in [6, 6.07) is 11.0. The van der Waals surface area contributed by atoms with Crippen molar-refractivity contribution in [3.63, 3.8) is 0 Å². The first kappa shape index (κ1) is 20.1. The molecule has 2 saturated heterocycles. The van der Waals surface area contributed by atoms with Crippen molar-refractivity contribution in [1.29, 1.82) is 0 Å². The molecule has 25 heavy (non-hydrogen) atoms. The zero-order valence-corrected chi connectivity index (χ0v) is 15.8. The lowest BCUT2D eigenvalue weighted by atomic mass is 9.90. The minimum Gasteiger partial charge on any atom is -0.473 e. The number of nitrogens with zero attached hydrogens (tertiary/aromatic N) is 1. The lowest BCUT2D eigenvalue weighted by Gasteiger charge is -2.33. The van der Waals surface area contributed by atoms with E-state index in [1.165, 1.54) is 55.3 Å². The summed E-state index contributed by atoms with van der Waals surface area (Å²) < 4.78 is 0. The number of carbonyl (C=O) groups is 2. The van der Waals surface area contributed by atoms with Crippen LogP contribution in [0.4, 0.5) is 0 Å². The van der Waals surface area contributed by atoms with Gasteiger partial charge < -0.3 is 15.1 Å². The molecule has 0 spiro atoms. The molecule has 1 aromatic carbocycles. The lowest BCUT2D eigenvalue weighted by molar-refractivity contribution is -0.159.